The molecule has 1 amide bonds. The SMILES string of the molecule is CNC1(C(C)=O)CCN(c2ccccc2NC(=O)c2csc(-c3ccoc3)n2)CC1. The molecule has 1 aromatic carbocycles. The van der Waals surface area contributed by atoms with Crippen molar-refractivity contribution in [3.8, 4) is 10.6 Å². The fourth-order valence-electron chi connectivity index (χ4n) is 3.85. The molecule has 1 aliphatic rings. The van der Waals surface area contributed by atoms with E-state index < -0.39 is 5.54 Å². The van der Waals surface area contributed by atoms with Crippen LogP contribution in [0.2, 0.25) is 0 Å². The number of carbonyl (C=O) groups is 2. The molecule has 8 heteroatoms. The molecule has 3 aromatic rings. The van der Waals surface area contributed by atoms with Crippen LogP contribution in [0.3, 0.4) is 0 Å². The van der Waals surface area contributed by atoms with Crippen molar-refractivity contribution in [2.24, 2.45) is 0 Å². The van der Waals surface area contributed by atoms with Gasteiger partial charge in [-0.2, -0.15) is 0 Å². The first kappa shape index (κ1) is 20.3. The zero-order valence-corrected chi connectivity index (χ0v) is 17.8. The van der Waals surface area contributed by atoms with Gasteiger partial charge in [0, 0.05) is 24.0 Å². The maximum atomic E-state index is 12.8. The third-order valence-electron chi connectivity index (χ3n) is 5.77. The molecule has 156 valence electrons. The lowest BCUT2D eigenvalue weighted by molar-refractivity contribution is -0.123. The van der Waals surface area contributed by atoms with Crippen LogP contribution in [-0.2, 0) is 4.79 Å². The molecule has 0 unspecified atom stereocenters. The van der Waals surface area contributed by atoms with Crippen LogP contribution in [0.15, 0.2) is 52.7 Å². The predicted molar refractivity (Wildman–Crippen MR) is 118 cm³/mol. The minimum Gasteiger partial charge on any atom is -0.472 e. The van der Waals surface area contributed by atoms with E-state index >= 15 is 0 Å². The number of hydrogen-bond donors (Lipinski definition) is 2. The molecule has 4 rings (SSSR count). The zero-order valence-electron chi connectivity index (χ0n) is 17.0. The second kappa shape index (κ2) is 8.41. The number of likely N-dealkylation sites (N-methyl/N-ethyl adjacent to an activating group) is 1. The molecule has 7 nitrogen and oxygen atoms in total. The predicted octanol–water partition coefficient (Wildman–Crippen LogP) is 3.80. The molecule has 0 saturated carbocycles. The smallest absolute Gasteiger partial charge is 0.275 e. The molecule has 2 N–H and O–H groups in total. The van der Waals surface area contributed by atoms with Crippen LogP contribution in [0.5, 0.6) is 0 Å². The van der Waals surface area contributed by atoms with Gasteiger partial charge in [-0.3, -0.25) is 9.59 Å². The first-order valence-corrected chi connectivity index (χ1v) is 10.7. The number of hydrogen-bond acceptors (Lipinski definition) is 7. The van der Waals surface area contributed by atoms with E-state index in [0.717, 1.165) is 47.9 Å². The van der Waals surface area contributed by atoms with Gasteiger partial charge in [0.15, 0.2) is 0 Å². The average molecular weight is 425 g/mol. The number of piperidine rings is 1. The summed E-state index contributed by atoms with van der Waals surface area (Å²) in [5.74, 6) is -0.0815. The number of ketones is 1. The number of nitrogens with zero attached hydrogens (tertiary/aromatic N) is 2. The summed E-state index contributed by atoms with van der Waals surface area (Å²) >= 11 is 1.40. The van der Waals surface area contributed by atoms with Crippen molar-refractivity contribution in [3.63, 3.8) is 0 Å². The van der Waals surface area contributed by atoms with E-state index in [2.05, 4.69) is 20.5 Å². The Labute approximate surface area is 179 Å². The summed E-state index contributed by atoms with van der Waals surface area (Å²) in [7, 11) is 1.84. The van der Waals surface area contributed by atoms with Crippen LogP contribution in [0.1, 0.15) is 30.3 Å². The lowest BCUT2D eigenvalue weighted by Crippen LogP contribution is -2.56. The van der Waals surface area contributed by atoms with E-state index in [-0.39, 0.29) is 11.7 Å². The van der Waals surface area contributed by atoms with Crippen molar-refractivity contribution >= 4 is 34.4 Å². The van der Waals surface area contributed by atoms with Crippen molar-refractivity contribution in [2.45, 2.75) is 25.3 Å². The Bertz CT molecular complexity index is 1040. The summed E-state index contributed by atoms with van der Waals surface area (Å²) in [4.78, 5) is 31.6. The summed E-state index contributed by atoms with van der Waals surface area (Å²) in [5, 5.41) is 8.70. The van der Waals surface area contributed by atoms with Crippen LogP contribution in [0.25, 0.3) is 10.6 Å². The zero-order chi connectivity index (χ0) is 21.1. The van der Waals surface area contributed by atoms with E-state index in [4.69, 9.17) is 4.42 Å². The standard InChI is InChI=1S/C22H24N4O3S/c1-15(27)22(23-2)8-10-26(11-9-22)19-6-4-3-5-17(19)24-20(28)18-14-30-21(25-18)16-7-12-29-13-16/h3-7,12-14,23H,8-11H2,1-2H3,(H,24,28). The molecule has 1 saturated heterocycles. The van der Waals surface area contributed by atoms with Crippen LogP contribution >= 0.6 is 11.3 Å². The first-order chi connectivity index (χ1) is 14.5. The minimum atomic E-state index is -0.460. The number of anilines is 2. The quantitative estimate of drug-likeness (QED) is 0.626. The molecular formula is C22H24N4O3S. The fraction of sp³-hybridized carbons (Fsp3) is 0.318. The lowest BCUT2D eigenvalue weighted by atomic mass is 9.84. The molecule has 1 fully saturated rings. The monoisotopic (exact) mass is 424 g/mol. The number of para-hydroxylation sites is 2. The van der Waals surface area contributed by atoms with Gasteiger partial charge in [-0.25, -0.2) is 4.98 Å². The molecular weight excluding hydrogens is 400 g/mol. The third-order valence-corrected chi connectivity index (χ3v) is 6.66. The van der Waals surface area contributed by atoms with Gasteiger partial charge in [0.2, 0.25) is 0 Å². The second-order valence-corrected chi connectivity index (χ2v) is 8.25. The summed E-state index contributed by atoms with van der Waals surface area (Å²) in [6, 6.07) is 9.55. The van der Waals surface area contributed by atoms with Gasteiger partial charge in [-0.15, -0.1) is 11.3 Å². The number of rotatable bonds is 6. The van der Waals surface area contributed by atoms with E-state index in [1.54, 1.807) is 24.8 Å². The Balaban J connectivity index is 1.49. The van der Waals surface area contributed by atoms with Crippen molar-refractivity contribution < 1.29 is 14.0 Å². The number of aromatic nitrogens is 1. The molecule has 3 heterocycles. The number of amides is 1. The number of furan rings is 1. The third kappa shape index (κ3) is 3.88. The summed E-state index contributed by atoms with van der Waals surface area (Å²) in [6.45, 7) is 3.11. The minimum absolute atomic E-state index is 0.170. The highest BCUT2D eigenvalue weighted by atomic mass is 32.1. The topological polar surface area (TPSA) is 87.5 Å². The maximum absolute atomic E-state index is 12.8. The lowest BCUT2D eigenvalue weighted by Gasteiger charge is -2.41. The number of nitrogens with one attached hydrogen (secondary N) is 2. The number of thiazole rings is 1. The van der Waals surface area contributed by atoms with Gasteiger partial charge < -0.3 is 20.0 Å². The Hall–Kier alpha value is -2.97. The molecule has 0 atom stereocenters. The maximum Gasteiger partial charge on any atom is 0.275 e. The van der Waals surface area contributed by atoms with Crippen molar-refractivity contribution in [1.82, 2.24) is 10.3 Å². The molecule has 1 aliphatic heterocycles. The Morgan fingerprint density at radius 1 is 1.20 bits per heavy atom. The second-order valence-electron chi connectivity index (χ2n) is 7.40. The number of benzene rings is 1. The summed E-state index contributed by atoms with van der Waals surface area (Å²) in [5.41, 5.74) is 2.45. The molecule has 0 aliphatic carbocycles. The summed E-state index contributed by atoms with van der Waals surface area (Å²) < 4.78 is 5.09. The first-order valence-electron chi connectivity index (χ1n) is 9.86. The van der Waals surface area contributed by atoms with Crippen molar-refractivity contribution in [2.75, 3.05) is 30.4 Å². The van der Waals surface area contributed by atoms with E-state index in [0.29, 0.717) is 5.69 Å². The van der Waals surface area contributed by atoms with Gasteiger partial charge in [0.05, 0.1) is 23.2 Å². The van der Waals surface area contributed by atoms with Gasteiger partial charge >= 0.3 is 0 Å². The van der Waals surface area contributed by atoms with E-state index in [9.17, 15) is 9.59 Å². The highest BCUT2D eigenvalue weighted by Gasteiger charge is 2.37. The molecule has 0 radical (unpaired) electrons. The van der Waals surface area contributed by atoms with E-state index in [1.165, 1.54) is 11.3 Å². The van der Waals surface area contributed by atoms with Crippen LogP contribution in [0.4, 0.5) is 11.4 Å². The largest absolute Gasteiger partial charge is 0.472 e. The molecule has 0 bridgehead atoms. The summed E-state index contributed by atoms with van der Waals surface area (Å²) in [6.07, 6.45) is 4.64. The van der Waals surface area contributed by atoms with Gasteiger partial charge in [0.1, 0.15) is 22.7 Å². The highest BCUT2D eigenvalue weighted by molar-refractivity contribution is 7.13. The van der Waals surface area contributed by atoms with Crippen LogP contribution < -0.4 is 15.5 Å². The Morgan fingerprint density at radius 3 is 2.63 bits per heavy atom. The Morgan fingerprint density at radius 2 is 1.97 bits per heavy atom. The normalized spacial score (nSPS) is 15.7. The molecule has 2 aromatic heterocycles. The number of carbonyl (C=O) groups excluding carboxylic acids is 2. The van der Waals surface area contributed by atoms with Crippen molar-refractivity contribution in [1.29, 1.82) is 0 Å². The van der Waals surface area contributed by atoms with Gasteiger partial charge in [-0.05, 0) is 45.0 Å². The fourth-order valence-corrected chi connectivity index (χ4v) is 4.63. The van der Waals surface area contributed by atoms with Crippen LogP contribution in [0, 0.1) is 0 Å². The van der Waals surface area contributed by atoms with Gasteiger partial charge in [-0.1, -0.05) is 12.1 Å². The van der Waals surface area contributed by atoms with Crippen LogP contribution in [-0.4, -0.2) is 42.4 Å². The number of Topliss-reactive ketones (excluding diaryl/α,β-unsaturated/α-hetero) is 1. The Kier molecular flexibility index (Phi) is 5.69. The van der Waals surface area contributed by atoms with E-state index in [1.807, 2.05) is 37.4 Å². The van der Waals surface area contributed by atoms with Crippen molar-refractivity contribution in [3.05, 3.63) is 53.9 Å². The molecule has 30 heavy (non-hydrogen) atoms. The average Bonchev–Trinajstić information content (AvgIpc) is 3.46. The molecule has 0 spiro atoms. The highest BCUT2D eigenvalue weighted by Crippen LogP contribution is 2.32. The van der Waals surface area contributed by atoms with Gasteiger partial charge in [0.25, 0.3) is 5.91 Å².